The normalized spacial score (nSPS) is 16.7. The first-order valence-electron chi connectivity index (χ1n) is 5.80. The predicted octanol–water partition coefficient (Wildman–Crippen LogP) is 3.01. The number of phenolic OH excluding ortho intramolecular Hbond substituents is 1. The van der Waals surface area contributed by atoms with Gasteiger partial charge in [0, 0.05) is 6.04 Å². The van der Waals surface area contributed by atoms with E-state index >= 15 is 0 Å². The van der Waals surface area contributed by atoms with Crippen LogP contribution in [0, 0.1) is 11.3 Å². The van der Waals surface area contributed by atoms with E-state index in [1.165, 1.54) is 19.3 Å². The molecule has 0 heterocycles. The van der Waals surface area contributed by atoms with E-state index in [-0.39, 0.29) is 5.75 Å². The van der Waals surface area contributed by atoms with E-state index in [0.29, 0.717) is 17.3 Å². The largest absolute Gasteiger partial charge is 0.506 e. The van der Waals surface area contributed by atoms with Gasteiger partial charge in [-0.05, 0) is 25.0 Å². The van der Waals surface area contributed by atoms with Crippen LogP contribution in [0.4, 0.5) is 5.69 Å². The van der Waals surface area contributed by atoms with Crippen LogP contribution in [0.3, 0.4) is 0 Å². The van der Waals surface area contributed by atoms with Crippen LogP contribution in [0.1, 0.15) is 37.7 Å². The molecule has 0 spiro atoms. The van der Waals surface area contributed by atoms with Gasteiger partial charge in [-0.25, -0.2) is 0 Å². The van der Waals surface area contributed by atoms with E-state index in [1.807, 2.05) is 0 Å². The van der Waals surface area contributed by atoms with Crippen LogP contribution in [-0.2, 0) is 0 Å². The summed E-state index contributed by atoms with van der Waals surface area (Å²) in [7, 11) is 0. The molecule has 3 heteroatoms. The van der Waals surface area contributed by atoms with Crippen LogP contribution in [-0.4, -0.2) is 11.1 Å². The first kappa shape index (κ1) is 10.8. The zero-order chi connectivity index (χ0) is 11.4. The molecule has 2 rings (SSSR count). The van der Waals surface area contributed by atoms with Crippen LogP contribution in [0.2, 0.25) is 0 Å². The van der Waals surface area contributed by atoms with Crippen molar-refractivity contribution in [1.82, 2.24) is 0 Å². The van der Waals surface area contributed by atoms with E-state index < -0.39 is 0 Å². The van der Waals surface area contributed by atoms with E-state index in [9.17, 15) is 5.11 Å². The second-order valence-corrected chi connectivity index (χ2v) is 4.29. The summed E-state index contributed by atoms with van der Waals surface area (Å²) in [6.45, 7) is 0. The molecule has 0 atom stereocenters. The lowest BCUT2D eigenvalue weighted by Gasteiger charge is -2.24. The summed E-state index contributed by atoms with van der Waals surface area (Å²) >= 11 is 0. The number of aromatic hydroxyl groups is 1. The maximum Gasteiger partial charge on any atom is 0.140 e. The lowest BCUT2D eigenvalue weighted by Crippen LogP contribution is -2.22. The highest BCUT2D eigenvalue weighted by Crippen LogP contribution is 2.30. The molecule has 0 radical (unpaired) electrons. The fourth-order valence-corrected chi connectivity index (χ4v) is 2.24. The number of rotatable bonds is 2. The first-order chi connectivity index (χ1) is 7.81. The molecule has 2 N–H and O–H groups in total. The van der Waals surface area contributed by atoms with Crippen LogP contribution in [0.25, 0.3) is 0 Å². The number of anilines is 1. The Bertz CT molecular complexity index is 403. The molecule has 0 aromatic heterocycles. The first-order valence-corrected chi connectivity index (χ1v) is 5.80. The van der Waals surface area contributed by atoms with Gasteiger partial charge in [-0.1, -0.05) is 25.3 Å². The van der Waals surface area contributed by atoms with Crippen LogP contribution >= 0.6 is 0 Å². The number of para-hydroxylation sites is 1. The van der Waals surface area contributed by atoms with Crippen molar-refractivity contribution in [3.8, 4) is 11.8 Å². The van der Waals surface area contributed by atoms with Gasteiger partial charge in [-0.2, -0.15) is 5.26 Å². The van der Waals surface area contributed by atoms with E-state index in [4.69, 9.17) is 5.26 Å². The SMILES string of the molecule is N#Cc1cccc(O)c1NC1CCCCC1. The molecule has 1 fully saturated rings. The molecule has 0 bridgehead atoms. The monoisotopic (exact) mass is 216 g/mol. The highest BCUT2D eigenvalue weighted by Gasteiger charge is 2.16. The average Bonchev–Trinajstić information content (AvgIpc) is 2.33. The Hall–Kier alpha value is -1.69. The molecule has 0 amide bonds. The van der Waals surface area contributed by atoms with Gasteiger partial charge in [-0.15, -0.1) is 0 Å². The summed E-state index contributed by atoms with van der Waals surface area (Å²) < 4.78 is 0. The quantitative estimate of drug-likeness (QED) is 0.747. The number of nitrogens with one attached hydrogen (secondary N) is 1. The maximum absolute atomic E-state index is 9.74. The van der Waals surface area contributed by atoms with Crippen LogP contribution < -0.4 is 5.32 Å². The summed E-state index contributed by atoms with van der Waals surface area (Å²) in [4.78, 5) is 0. The van der Waals surface area contributed by atoms with Crippen LogP contribution in [0.5, 0.6) is 5.75 Å². The van der Waals surface area contributed by atoms with Gasteiger partial charge in [-0.3, -0.25) is 0 Å². The number of nitrogens with zero attached hydrogens (tertiary/aromatic N) is 1. The Balaban J connectivity index is 2.16. The van der Waals surface area contributed by atoms with Crippen molar-refractivity contribution in [2.75, 3.05) is 5.32 Å². The lowest BCUT2D eigenvalue weighted by molar-refractivity contribution is 0.453. The number of phenols is 1. The van der Waals surface area contributed by atoms with Crippen molar-refractivity contribution >= 4 is 5.69 Å². The van der Waals surface area contributed by atoms with Gasteiger partial charge in [0.2, 0.25) is 0 Å². The van der Waals surface area contributed by atoms with E-state index in [0.717, 1.165) is 12.8 Å². The predicted molar refractivity (Wildman–Crippen MR) is 63.3 cm³/mol. The molecule has 0 aliphatic heterocycles. The highest BCUT2D eigenvalue weighted by molar-refractivity contribution is 5.66. The fraction of sp³-hybridized carbons (Fsp3) is 0.462. The average molecular weight is 216 g/mol. The Morgan fingerprint density at radius 2 is 2.00 bits per heavy atom. The minimum Gasteiger partial charge on any atom is -0.506 e. The van der Waals surface area contributed by atoms with Gasteiger partial charge in [0.05, 0.1) is 11.3 Å². The zero-order valence-electron chi connectivity index (χ0n) is 9.24. The minimum absolute atomic E-state index is 0.171. The third-order valence-corrected chi connectivity index (χ3v) is 3.12. The summed E-state index contributed by atoms with van der Waals surface area (Å²) in [5.74, 6) is 0.171. The standard InChI is InChI=1S/C13H16N2O/c14-9-10-5-4-8-12(16)13(10)15-11-6-2-1-3-7-11/h4-5,8,11,15-16H,1-3,6-7H2. The van der Waals surface area contributed by atoms with Gasteiger partial charge in [0.15, 0.2) is 0 Å². The van der Waals surface area contributed by atoms with E-state index in [1.54, 1.807) is 18.2 Å². The molecule has 3 nitrogen and oxygen atoms in total. The van der Waals surface area contributed by atoms with Crippen molar-refractivity contribution < 1.29 is 5.11 Å². The number of hydrogen-bond acceptors (Lipinski definition) is 3. The van der Waals surface area contributed by atoms with Crippen molar-refractivity contribution in [2.24, 2.45) is 0 Å². The Labute approximate surface area is 95.7 Å². The third kappa shape index (κ3) is 2.27. The second-order valence-electron chi connectivity index (χ2n) is 4.29. The summed E-state index contributed by atoms with van der Waals surface area (Å²) in [5.41, 5.74) is 1.11. The van der Waals surface area contributed by atoms with Crippen LogP contribution in [0.15, 0.2) is 18.2 Å². The highest BCUT2D eigenvalue weighted by atomic mass is 16.3. The minimum atomic E-state index is 0.171. The van der Waals surface area contributed by atoms with Crippen molar-refractivity contribution in [2.45, 2.75) is 38.1 Å². The molecule has 0 saturated heterocycles. The number of benzene rings is 1. The van der Waals surface area contributed by atoms with Gasteiger partial charge in [0.1, 0.15) is 11.8 Å². The van der Waals surface area contributed by atoms with E-state index in [2.05, 4.69) is 11.4 Å². The number of hydrogen-bond donors (Lipinski definition) is 2. The lowest BCUT2D eigenvalue weighted by atomic mass is 9.95. The zero-order valence-corrected chi connectivity index (χ0v) is 9.24. The Morgan fingerprint density at radius 3 is 2.69 bits per heavy atom. The molecule has 1 saturated carbocycles. The van der Waals surface area contributed by atoms with Crippen molar-refractivity contribution in [3.63, 3.8) is 0 Å². The summed E-state index contributed by atoms with van der Waals surface area (Å²) in [6.07, 6.45) is 6.00. The maximum atomic E-state index is 9.74. The van der Waals surface area contributed by atoms with Gasteiger partial charge < -0.3 is 10.4 Å². The molecule has 0 unspecified atom stereocenters. The Kier molecular flexibility index (Phi) is 3.31. The molecular formula is C13H16N2O. The molecule has 84 valence electrons. The molecule has 1 aromatic rings. The molecule has 1 aromatic carbocycles. The third-order valence-electron chi connectivity index (χ3n) is 3.12. The molecular weight excluding hydrogens is 200 g/mol. The topological polar surface area (TPSA) is 56.0 Å². The summed E-state index contributed by atoms with van der Waals surface area (Å²) in [5, 5.41) is 22.0. The van der Waals surface area contributed by atoms with Crippen molar-refractivity contribution in [3.05, 3.63) is 23.8 Å². The smallest absolute Gasteiger partial charge is 0.140 e. The van der Waals surface area contributed by atoms with Gasteiger partial charge in [0.25, 0.3) is 0 Å². The van der Waals surface area contributed by atoms with Gasteiger partial charge >= 0.3 is 0 Å². The number of nitriles is 1. The summed E-state index contributed by atoms with van der Waals surface area (Å²) in [6, 6.07) is 7.54. The molecule has 16 heavy (non-hydrogen) atoms. The molecule has 1 aliphatic rings. The second kappa shape index (κ2) is 4.89. The van der Waals surface area contributed by atoms with Crippen molar-refractivity contribution in [1.29, 1.82) is 5.26 Å². The Morgan fingerprint density at radius 1 is 1.25 bits per heavy atom. The fourth-order valence-electron chi connectivity index (χ4n) is 2.24. The molecule has 1 aliphatic carbocycles.